The number of aromatic nitrogens is 2. The predicted octanol–water partition coefficient (Wildman–Crippen LogP) is 3.86. The van der Waals surface area contributed by atoms with Gasteiger partial charge < -0.3 is 0 Å². The molecule has 3 aromatic rings. The van der Waals surface area contributed by atoms with Gasteiger partial charge in [0.2, 0.25) is 0 Å². The third-order valence-electron chi connectivity index (χ3n) is 3.05. The monoisotopic (exact) mass is 267 g/mol. The number of nitrogens with zero attached hydrogens (tertiary/aromatic N) is 3. The normalized spacial score (nSPS) is 10.6. The highest BCUT2D eigenvalue weighted by molar-refractivity contribution is 6.30. The first kappa shape index (κ1) is 11.8. The third-order valence-corrected chi connectivity index (χ3v) is 3.28. The van der Waals surface area contributed by atoms with Crippen molar-refractivity contribution in [3.8, 4) is 11.8 Å². The minimum absolute atomic E-state index is 0.579. The van der Waals surface area contributed by atoms with Crippen LogP contribution in [0.4, 0.5) is 0 Å². The second-order valence-electron chi connectivity index (χ2n) is 4.26. The molecule has 19 heavy (non-hydrogen) atoms. The molecule has 0 saturated carbocycles. The van der Waals surface area contributed by atoms with Gasteiger partial charge in [0.15, 0.2) is 0 Å². The van der Waals surface area contributed by atoms with E-state index in [9.17, 15) is 5.26 Å². The van der Waals surface area contributed by atoms with E-state index in [4.69, 9.17) is 11.6 Å². The average molecular weight is 268 g/mol. The highest BCUT2D eigenvalue weighted by Crippen LogP contribution is 2.25. The lowest BCUT2D eigenvalue weighted by molar-refractivity contribution is 0.997. The van der Waals surface area contributed by atoms with Gasteiger partial charge in [0.25, 0.3) is 0 Å². The van der Waals surface area contributed by atoms with Crippen LogP contribution in [0.5, 0.6) is 0 Å². The number of benzene rings is 2. The minimum Gasteiger partial charge on any atom is -0.295 e. The molecular weight excluding hydrogens is 258 g/mol. The van der Waals surface area contributed by atoms with E-state index in [0.29, 0.717) is 10.6 Å². The highest BCUT2D eigenvalue weighted by Gasteiger charge is 2.12. The van der Waals surface area contributed by atoms with E-state index in [1.807, 2.05) is 35.8 Å². The molecule has 0 fully saturated rings. The van der Waals surface area contributed by atoms with Crippen LogP contribution in [0.1, 0.15) is 11.4 Å². The van der Waals surface area contributed by atoms with Crippen LogP contribution in [0, 0.1) is 18.3 Å². The smallest absolute Gasteiger partial charge is 0.111 e. The number of halogens is 1. The third kappa shape index (κ3) is 1.87. The van der Waals surface area contributed by atoms with Crippen LogP contribution in [0.25, 0.3) is 16.7 Å². The summed E-state index contributed by atoms with van der Waals surface area (Å²) in [5.41, 5.74) is 3.22. The Hall–Kier alpha value is -2.31. The van der Waals surface area contributed by atoms with Crippen molar-refractivity contribution in [1.29, 1.82) is 5.26 Å². The number of para-hydroxylation sites is 2. The molecule has 4 heteroatoms. The quantitative estimate of drug-likeness (QED) is 0.672. The summed E-state index contributed by atoms with van der Waals surface area (Å²) < 4.78 is 1.96. The van der Waals surface area contributed by atoms with E-state index < -0.39 is 0 Å². The van der Waals surface area contributed by atoms with E-state index in [0.717, 1.165) is 22.5 Å². The molecule has 0 unspecified atom stereocenters. The lowest BCUT2D eigenvalue weighted by Crippen LogP contribution is -1.99. The topological polar surface area (TPSA) is 41.6 Å². The number of aryl methyl sites for hydroxylation is 1. The Morgan fingerprint density at radius 3 is 2.79 bits per heavy atom. The summed E-state index contributed by atoms with van der Waals surface area (Å²) in [6.45, 7) is 1.92. The van der Waals surface area contributed by atoms with Gasteiger partial charge in [0.1, 0.15) is 11.9 Å². The van der Waals surface area contributed by atoms with Gasteiger partial charge in [-0.3, -0.25) is 4.57 Å². The molecule has 0 bridgehead atoms. The van der Waals surface area contributed by atoms with Crippen molar-refractivity contribution in [3.63, 3.8) is 0 Å². The summed E-state index contributed by atoms with van der Waals surface area (Å²) in [6.07, 6.45) is 0. The SMILES string of the molecule is Cc1nc2ccccc2n1-c1cc(Cl)ccc1C#N. The molecule has 0 amide bonds. The molecule has 0 saturated heterocycles. The van der Waals surface area contributed by atoms with Gasteiger partial charge in [0, 0.05) is 5.02 Å². The maximum atomic E-state index is 9.24. The van der Waals surface area contributed by atoms with Crippen molar-refractivity contribution in [3.05, 3.63) is 58.9 Å². The predicted molar refractivity (Wildman–Crippen MR) is 75.5 cm³/mol. The molecule has 0 aliphatic heterocycles. The summed E-state index contributed by atoms with van der Waals surface area (Å²) in [4.78, 5) is 4.51. The molecule has 0 atom stereocenters. The van der Waals surface area contributed by atoms with Gasteiger partial charge in [-0.2, -0.15) is 5.26 Å². The zero-order valence-electron chi connectivity index (χ0n) is 10.3. The molecular formula is C15H10ClN3. The van der Waals surface area contributed by atoms with Crippen LogP contribution in [-0.4, -0.2) is 9.55 Å². The second-order valence-corrected chi connectivity index (χ2v) is 4.69. The molecule has 3 nitrogen and oxygen atoms in total. The van der Waals surface area contributed by atoms with E-state index in [-0.39, 0.29) is 0 Å². The summed E-state index contributed by atoms with van der Waals surface area (Å²) in [5.74, 6) is 0.833. The Bertz CT molecular complexity index is 812. The van der Waals surface area contributed by atoms with E-state index in [2.05, 4.69) is 11.1 Å². The van der Waals surface area contributed by atoms with Gasteiger partial charge in [-0.05, 0) is 37.3 Å². The standard InChI is InChI=1S/C15H10ClN3/c1-10-18-13-4-2-3-5-14(13)19(10)15-8-12(16)7-6-11(15)9-17/h2-8H,1H3. The van der Waals surface area contributed by atoms with Crippen molar-refractivity contribution < 1.29 is 0 Å². The number of imidazole rings is 1. The van der Waals surface area contributed by atoms with Crippen molar-refractivity contribution in [1.82, 2.24) is 9.55 Å². The van der Waals surface area contributed by atoms with Crippen LogP contribution in [0.2, 0.25) is 5.02 Å². The van der Waals surface area contributed by atoms with Crippen molar-refractivity contribution in [2.24, 2.45) is 0 Å². The zero-order chi connectivity index (χ0) is 13.4. The number of nitriles is 1. The van der Waals surface area contributed by atoms with E-state index in [1.54, 1.807) is 18.2 Å². The van der Waals surface area contributed by atoms with E-state index in [1.165, 1.54) is 0 Å². The van der Waals surface area contributed by atoms with Gasteiger partial charge in [0.05, 0.1) is 22.3 Å². The first-order valence-electron chi connectivity index (χ1n) is 5.85. The molecule has 0 radical (unpaired) electrons. The molecule has 0 spiro atoms. The van der Waals surface area contributed by atoms with Crippen LogP contribution >= 0.6 is 11.6 Å². The zero-order valence-corrected chi connectivity index (χ0v) is 11.0. The fraction of sp³-hybridized carbons (Fsp3) is 0.0667. The Morgan fingerprint density at radius 2 is 2.00 bits per heavy atom. The van der Waals surface area contributed by atoms with Gasteiger partial charge >= 0.3 is 0 Å². The maximum absolute atomic E-state index is 9.24. The molecule has 1 heterocycles. The van der Waals surface area contributed by atoms with Crippen molar-refractivity contribution in [2.75, 3.05) is 0 Å². The first-order chi connectivity index (χ1) is 9.20. The fourth-order valence-electron chi connectivity index (χ4n) is 2.23. The summed E-state index contributed by atoms with van der Waals surface area (Å²) in [7, 11) is 0. The molecule has 92 valence electrons. The fourth-order valence-corrected chi connectivity index (χ4v) is 2.40. The summed E-state index contributed by atoms with van der Waals surface area (Å²) in [5, 5.41) is 9.85. The maximum Gasteiger partial charge on any atom is 0.111 e. The number of fused-ring (bicyclic) bond motifs is 1. The van der Waals surface area contributed by atoms with E-state index >= 15 is 0 Å². The molecule has 0 aliphatic carbocycles. The van der Waals surface area contributed by atoms with Gasteiger partial charge in [-0.25, -0.2) is 4.98 Å². The Morgan fingerprint density at radius 1 is 1.21 bits per heavy atom. The largest absolute Gasteiger partial charge is 0.295 e. The summed E-state index contributed by atoms with van der Waals surface area (Å²) >= 11 is 6.05. The Labute approximate surface area is 115 Å². The van der Waals surface area contributed by atoms with Crippen LogP contribution in [0.15, 0.2) is 42.5 Å². The van der Waals surface area contributed by atoms with Crippen molar-refractivity contribution in [2.45, 2.75) is 6.92 Å². The van der Waals surface area contributed by atoms with Crippen LogP contribution in [0.3, 0.4) is 0 Å². The lowest BCUT2D eigenvalue weighted by atomic mass is 10.2. The molecule has 1 aromatic heterocycles. The summed E-state index contributed by atoms with van der Waals surface area (Å²) in [6, 6.07) is 15.3. The highest BCUT2D eigenvalue weighted by atomic mass is 35.5. The molecule has 2 aromatic carbocycles. The molecule has 0 N–H and O–H groups in total. The minimum atomic E-state index is 0.579. The number of rotatable bonds is 1. The Balaban J connectivity index is 2.40. The molecule has 3 rings (SSSR count). The number of hydrogen-bond acceptors (Lipinski definition) is 2. The molecule has 0 aliphatic rings. The van der Waals surface area contributed by atoms with Crippen molar-refractivity contribution >= 4 is 22.6 Å². The number of hydrogen-bond donors (Lipinski definition) is 0. The van der Waals surface area contributed by atoms with Gasteiger partial charge in [-0.15, -0.1) is 0 Å². The van der Waals surface area contributed by atoms with Crippen LogP contribution < -0.4 is 0 Å². The average Bonchev–Trinajstić information content (AvgIpc) is 2.74. The van der Waals surface area contributed by atoms with Crippen LogP contribution in [-0.2, 0) is 0 Å². The second kappa shape index (κ2) is 4.42. The Kier molecular flexibility index (Phi) is 2.73. The van der Waals surface area contributed by atoms with Gasteiger partial charge in [-0.1, -0.05) is 23.7 Å². The lowest BCUT2D eigenvalue weighted by Gasteiger charge is -2.09. The first-order valence-corrected chi connectivity index (χ1v) is 6.22.